The second kappa shape index (κ2) is 8.89. The van der Waals surface area contributed by atoms with Gasteiger partial charge in [0.15, 0.2) is 0 Å². The van der Waals surface area contributed by atoms with Crippen LogP contribution in [0.2, 0.25) is 0 Å². The number of hydrogen-bond donors (Lipinski definition) is 2. The van der Waals surface area contributed by atoms with Gasteiger partial charge in [-0.2, -0.15) is 0 Å². The molecule has 1 unspecified atom stereocenters. The predicted octanol–water partition coefficient (Wildman–Crippen LogP) is 2.86. The average molecular weight is 340 g/mol. The molecule has 2 rings (SSSR count). The third-order valence-corrected chi connectivity index (χ3v) is 3.93. The summed E-state index contributed by atoms with van der Waals surface area (Å²) < 4.78 is 0. The van der Waals surface area contributed by atoms with Crippen LogP contribution >= 0.6 is 12.4 Å². The van der Waals surface area contributed by atoms with Gasteiger partial charge in [-0.15, -0.1) is 12.4 Å². The number of nitrogens with zero attached hydrogens (tertiary/aromatic N) is 1. The molecule has 1 aromatic rings. The minimum absolute atomic E-state index is 0. The van der Waals surface area contributed by atoms with E-state index in [0.29, 0.717) is 12.8 Å². The molecule has 1 atom stereocenters. The number of nitrogens with two attached hydrogens (primary N) is 1. The van der Waals surface area contributed by atoms with Gasteiger partial charge in [-0.05, 0) is 43.0 Å². The lowest BCUT2D eigenvalue weighted by molar-refractivity contribution is -0.119. The Balaban J connectivity index is 0.00000264. The predicted molar refractivity (Wildman–Crippen MR) is 96.2 cm³/mol. The van der Waals surface area contributed by atoms with Crippen LogP contribution in [-0.2, 0) is 16.0 Å². The molecule has 128 valence electrons. The summed E-state index contributed by atoms with van der Waals surface area (Å²) in [5.74, 6) is 0.0233. The van der Waals surface area contributed by atoms with Gasteiger partial charge in [0.2, 0.25) is 11.8 Å². The number of amides is 2. The van der Waals surface area contributed by atoms with Crippen LogP contribution in [0, 0.1) is 0 Å². The Morgan fingerprint density at radius 3 is 2.70 bits per heavy atom. The molecule has 2 amide bonds. The van der Waals surface area contributed by atoms with Crippen molar-refractivity contribution in [2.45, 2.75) is 52.0 Å². The van der Waals surface area contributed by atoms with Crippen molar-refractivity contribution in [3.05, 3.63) is 23.8 Å². The van der Waals surface area contributed by atoms with Crippen LogP contribution in [0.5, 0.6) is 0 Å². The van der Waals surface area contributed by atoms with Crippen LogP contribution in [0.4, 0.5) is 11.4 Å². The monoisotopic (exact) mass is 339 g/mol. The normalized spacial score (nSPS) is 14.7. The van der Waals surface area contributed by atoms with Crippen LogP contribution < -0.4 is 16.0 Å². The molecule has 0 saturated carbocycles. The third-order valence-electron chi connectivity index (χ3n) is 3.93. The quantitative estimate of drug-likeness (QED) is 0.836. The molecule has 5 nitrogen and oxygen atoms in total. The fraction of sp³-hybridized carbons (Fsp3) is 0.529. The summed E-state index contributed by atoms with van der Waals surface area (Å²) in [5, 5.41) is 2.87. The van der Waals surface area contributed by atoms with Crippen molar-refractivity contribution in [2.24, 2.45) is 5.73 Å². The van der Waals surface area contributed by atoms with E-state index in [9.17, 15) is 9.59 Å². The minimum Gasteiger partial charge on any atom is -0.325 e. The maximum Gasteiger partial charge on any atom is 0.241 e. The summed E-state index contributed by atoms with van der Waals surface area (Å²) in [7, 11) is 0. The summed E-state index contributed by atoms with van der Waals surface area (Å²) in [6.45, 7) is 4.80. The fourth-order valence-electron chi connectivity index (χ4n) is 2.78. The first-order chi connectivity index (χ1) is 10.6. The molecule has 0 radical (unpaired) electrons. The summed E-state index contributed by atoms with van der Waals surface area (Å²) >= 11 is 0. The topological polar surface area (TPSA) is 75.4 Å². The van der Waals surface area contributed by atoms with Gasteiger partial charge >= 0.3 is 0 Å². The van der Waals surface area contributed by atoms with Gasteiger partial charge in [0.05, 0.1) is 6.04 Å². The Labute approximate surface area is 144 Å². The molecular formula is C17H26ClN3O2. The Hall–Kier alpha value is -1.59. The number of fused-ring (bicyclic) bond motifs is 1. The molecule has 6 heteroatoms. The Kier molecular flexibility index (Phi) is 7.52. The van der Waals surface area contributed by atoms with E-state index >= 15 is 0 Å². The Morgan fingerprint density at radius 2 is 2.04 bits per heavy atom. The fourth-order valence-corrected chi connectivity index (χ4v) is 2.78. The summed E-state index contributed by atoms with van der Waals surface area (Å²) in [5.41, 5.74) is 8.65. The van der Waals surface area contributed by atoms with Gasteiger partial charge in [-0.25, -0.2) is 0 Å². The Bertz CT molecular complexity index is 563. The largest absolute Gasteiger partial charge is 0.325 e. The molecule has 3 N–H and O–H groups in total. The highest BCUT2D eigenvalue weighted by Crippen LogP contribution is 2.30. The number of carbonyl (C=O) groups excluding carboxylic acids is 2. The zero-order chi connectivity index (χ0) is 16.1. The van der Waals surface area contributed by atoms with E-state index in [-0.39, 0.29) is 24.2 Å². The lowest BCUT2D eigenvalue weighted by Gasteiger charge is -2.29. The van der Waals surface area contributed by atoms with Crippen LogP contribution in [0.25, 0.3) is 0 Å². The van der Waals surface area contributed by atoms with Crippen molar-refractivity contribution < 1.29 is 9.59 Å². The van der Waals surface area contributed by atoms with Gasteiger partial charge in [-0.1, -0.05) is 20.3 Å². The molecule has 1 aliphatic heterocycles. The van der Waals surface area contributed by atoms with Crippen LogP contribution in [0.15, 0.2) is 18.2 Å². The molecule has 0 bridgehead atoms. The van der Waals surface area contributed by atoms with Crippen molar-refractivity contribution in [1.29, 1.82) is 0 Å². The van der Waals surface area contributed by atoms with Crippen molar-refractivity contribution in [1.82, 2.24) is 0 Å². The van der Waals surface area contributed by atoms with Crippen molar-refractivity contribution in [2.75, 3.05) is 16.8 Å². The molecule has 23 heavy (non-hydrogen) atoms. The number of nitrogens with one attached hydrogen (secondary N) is 1. The second-order valence-corrected chi connectivity index (χ2v) is 5.77. The molecule has 0 aromatic heterocycles. The van der Waals surface area contributed by atoms with E-state index in [1.807, 2.05) is 30.0 Å². The molecule has 0 fully saturated rings. The van der Waals surface area contributed by atoms with E-state index in [1.165, 1.54) is 0 Å². The molecule has 0 aliphatic carbocycles. The van der Waals surface area contributed by atoms with Gasteiger partial charge in [-0.3, -0.25) is 9.59 Å². The highest BCUT2D eigenvalue weighted by molar-refractivity contribution is 5.98. The molecule has 1 heterocycles. The first kappa shape index (κ1) is 19.5. The average Bonchev–Trinajstić information content (AvgIpc) is 2.50. The number of aryl methyl sites for hydroxylation is 1. The van der Waals surface area contributed by atoms with E-state index in [0.717, 1.165) is 42.7 Å². The van der Waals surface area contributed by atoms with Crippen LogP contribution in [0.3, 0.4) is 0 Å². The maximum atomic E-state index is 12.0. The first-order valence-electron chi connectivity index (χ1n) is 8.06. The lowest BCUT2D eigenvalue weighted by Crippen LogP contribution is -2.36. The van der Waals surface area contributed by atoms with Crippen molar-refractivity contribution in [3.8, 4) is 0 Å². The SMILES string of the molecule is CCCC(N)C(=O)Nc1ccc2c(c1)CCC(=O)N2CCC.Cl. The highest BCUT2D eigenvalue weighted by Gasteiger charge is 2.23. The van der Waals surface area contributed by atoms with E-state index < -0.39 is 6.04 Å². The summed E-state index contributed by atoms with van der Waals surface area (Å²) in [4.78, 5) is 25.8. The van der Waals surface area contributed by atoms with E-state index in [2.05, 4.69) is 12.2 Å². The number of benzene rings is 1. The minimum atomic E-state index is -0.473. The smallest absolute Gasteiger partial charge is 0.241 e. The zero-order valence-corrected chi connectivity index (χ0v) is 14.6. The lowest BCUT2D eigenvalue weighted by atomic mass is 10.00. The molecule has 0 saturated heterocycles. The summed E-state index contributed by atoms with van der Waals surface area (Å²) in [6, 6.07) is 5.25. The van der Waals surface area contributed by atoms with Crippen molar-refractivity contribution in [3.63, 3.8) is 0 Å². The number of halogens is 1. The summed E-state index contributed by atoms with van der Waals surface area (Å²) in [6.07, 6.45) is 3.73. The highest BCUT2D eigenvalue weighted by atomic mass is 35.5. The first-order valence-corrected chi connectivity index (χ1v) is 8.06. The second-order valence-electron chi connectivity index (χ2n) is 5.77. The van der Waals surface area contributed by atoms with E-state index in [4.69, 9.17) is 5.73 Å². The number of rotatable bonds is 6. The molecule has 1 aliphatic rings. The van der Waals surface area contributed by atoms with Gasteiger partial charge in [0.25, 0.3) is 0 Å². The number of anilines is 2. The van der Waals surface area contributed by atoms with Crippen molar-refractivity contribution >= 4 is 35.6 Å². The molecular weight excluding hydrogens is 314 g/mol. The van der Waals surface area contributed by atoms with Gasteiger partial charge in [0, 0.05) is 24.3 Å². The van der Waals surface area contributed by atoms with Gasteiger partial charge in [0.1, 0.15) is 0 Å². The molecule has 0 spiro atoms. The number of hydrogen-bond acceptors (Lipinski definition) is 3. The van der Waals surface area contributed by atoms with E-state index in [1.54, 1.807) is 0 Å². The van der Waals surface area contributed by atoms with Crippen LogP contribution in [-0.4, -0.2) is 24.4 Å². The Morgan fingerprint density at radius 1 is 1.30 bits per heavy atom. The molecule has 1 aromatic carbocycles. The van der Waals surface area contributed by atoms with Crippen LogP contribution in [0.1, 0.15) is 45.1 Å². The zero-order valence-electron chi connectivity index (χ0n) is 13.8. The third kappa shape index (κ3) is 4.69. The maximum absolute atomic E-state index is 12.0. The number of carbonyl (C=O) groups is 2. The standard InChI is InChI=1S/C17H25N3O2.ClH/c1-3-5-14(18)17(22)19-13-7-8-15-12(11-13)6-9-16(21)20(15)10-4-2;/h7-8,11,14H,3-6,9-10,18H2,1-2H3,(H,19,22);1H. The van der Waals surface area contributed by atoms with Gasteiger partial charge < -0.3 is 16.0 Å².